The summed E-state index contributed by atoms with van der Waals surface area (Å²) in [6.07, 6.45) is 5.17. The predicted octanol–water partition coefficient (Wildman–Crippen LogP) is 0.461. The van der Waals surface area contributed by atoms with Crippen LogP contribution in [0.5, 0.6) is 0 Å². The standard InChI is InChI=1S/C11H20N4/c1-14(8-10-3-4-12-7-10)9-11-13-5-6-15(11)2/h5-6,10,12H,3-4,7-9H2,1-2H3. The molecule has 1 saturated heterocycles. The molecule has 0 amide bonds. The maximum Gasteiger partial charge on any atom is 0.122 e. The van der Waals surface area contributed by atoms with Gasteiger partial charge in [0.2, 0.25) is 0 Å². The van der Waals surface area contributed by atoms with E-state index in [-0.39, 0.29) is 0 Å². The Morgan fingerprint density at radius 3 is 3.13 bits per heavy atom. The third-order valence-electron chi connectivity index (χ3n) is 3.06. The molecule has 1 aliphatic rings. The van der Waals surface area contributed by atoms with Crippen LogP contribution in [-0.2, 0) is 13.6 Å². The molecule has 0 radical (unpaired) electrons. The molecule has 0 spiro atoms. The summed E-state index contributed by atoms with van der Waals surface area (Å²) in [6.45, 7) is 4.46. The number of aromatic nitrogens is 2. The fraction of sp³-hybridized carbons (Fsp3) is 0.727. The van der Waals surface area contributed by atoms with Crippen LogP contribution in [0, 0.1) is 5.92 Å². The van der Waals surface area contributed by atoms with Gasteiger partial charge in [-0.2, -0.15) is 0 Å². The van der Waals surface area contributed by atoms with Crippen LogP contribution >= 0.6 is 0 Å². The van der Waals surface area contributed by atoms with E-state index in [2.05, 4.69) is 26.8 Å². The monoisotopic (exact) mass is 208 g/mol. The smallest absolute Gasteiger partial charge is 0.122 e. The topological polar surface area (TPSA) is 33.1 Å². The van der Waals surface area contributed by atoms with Crippen molar-refractivity contribution < 1.29 is 0 Å². The molecule has 1 atom stereocenters. The number of imidazole rings is 1. The minimum atomic E-state index is 0.815. The van der Waals surface area contributed by atoms with E-state index in [0.29, 0.717) is 0 Å². The quantitative estimate of drug-likeness (QED) is 0.780. The average Bonchev–Trinajstić information content (AvgIpc) is 2.79. The van der Waals surface area contributed by atoms with Gasteiger partial charge in [-0.05, 0) is 32.5 Å². The van der Waals surface area contributed by atoms with Crippen LogP contribution in [0.25, 0.3) is 0 Å². The average molecular weight is 208 g/mol. The summed E-state index contributed by atoms with van der Waals surface area (Å²) in [5, 5.41) is 3.40. The van der Waals surface area contributed by atoms with Crippen molar-refractivity contribution in [1.82, 2.24) is 19.8 Å². The number of hydrogen-bond acceptors (Lipinski definition) is 3. The van der Waals surface area contributed by atoms with Gasteiger partial charge < -0.3 is 9.88 Å². The third kappa shape index (κ3) is 2.79. The highest BCUT2D eigenvalue weighted by Crippen LogP contribution is 2.10. The van der Waals surface area contributed by atoms with Crippen LogP contribution in [0.4, 0.5) is 0 Å². The molecule has 0 aliphatic carbocycles. The minimum absolute atomic E-state index is 0.815. The zero-order valence-electron chi connectivity index (χ0n) is 9.61. The van der Waals surface area contributed by atoms with E-state index >= 15 is 0 Å². The van der Waals surface area contributed by atoms with Crippen molar-refractivity contribution in [3.63, 3.8) is 0 Å². The number of rotatable bonds is 4. The van der Waals surface area contributed by atoms with E-state index in [1.165, 1.54) is 26.1 Å². The minimum Gasteiger partial charge on any atom is -0.337 e. The van der Waals surface area contributed by atoms with Crippen molar-refractivity contribution in [3.8, 4) is 0 Å². The highest BCUT2D eigenvalue weighted by atomic mass is 15.2. The molecular formula is C11H20N4. The summed E-state index contributed by atoms with van der Waals surface area (Å²) >= 11 is 0. The second-order valence-electron chi connectivity index (χ2n) is 4.51. The molecule has 4 heteroatoms. The first-order valence-electron chi connectivity index (χ1n) is 5.61. The Bertz CT molecular complexity index is 301. The molecule has 1 N–H and O–H groups in total. The number of hydrogen-bond donors (Lipinski definition) is 1. The molecule has 15 heavy (non-hydrogen) atoms. The van der Waals surface area contributed by atoms with E-state index in [4.69, 9.17) is 0 Å². The largest absolute Gasteiger partial charge is 0.337 e. The van der Waals surface area contributed by atoms with Gasteiger partial charge in [0.1, 0.15) is 5.82 Å². The van der Waals surface area contributed by atoms with Crippen LogP contribution in [0.3, 0.4) is 0 Å². The lowest BCUT2D eigenvalue weighted by atomic mass is 10.1. The van der Waals surface area contributed by atoms with Gasteiger partial charge in [0, 0.05) is 26.0 Å². The van der Waals surface area contributed by atoms with Crippen molar-refractivity contribution in [2.24, 2.45) is 13.0 Å². The van der Waals surface area contributed by atoms with Gasteiger partial charge in [0.05, 0.1) is 6.54 Å². The van der Waals surface area contributed by atoms with Crippen LogP contribution < -0.4 is 5.32 Å². The number of nitrogens with zero attached hydrogens (tertiary/aromatic N) is 3. The van der Waals surface area contributed by atoms with Crippen molar-refractivity contribution >= 4 is 0 Å². The lowest BCUT2D eigenvalue weighted by Crippen LogP contribution is -2.27. The molecule has 1 aromatic heterocycles. The van der Waals surface area contributed by atoms with Gasteiger partial charge in [-0.1, -0.05) is 0 Å². The van der Waals surface area contributed by atoms with E-state index in [0.717, 1.165) is 18.3 Å². The van der Waals surface area contributed by atoms with Crippen LogP contribution in [0.15, 0.2) is 12.4 Å². The van der Waals surface area contributed by atoms with Crippen LogP contribution in [-0.4, -0.2) is 41.1 Å². The normalized spacial score (nSPS) is 21.4. The SMILES string of the molecule is CN(Cc1nccn1C)CC1CCNC1. The van der Waals surface area contributed by atoms with Crippen LogP contribution in [0.2, 0.25) is 0 Å². The van der Waals surface area contributed by atoms with E-state index in [1.54, 1.807) is 0 Å². The maximum atomic E-state index is 4.34. The molecule has 0 saturated carbocycles. The molecule has 1 aromatic rings. The van der Waals surface area contributed by atoms with E-state index in [9.17, 15) is 0 Å². The molecule has 0 aromatic carbocycles. The fourth-order valence-electron chi connectivity index (χ4n) is 2.17. The molecule has 0 bridgehead atoms. The van der Waals surface area contributed by atoms with Gasteiger partial charge >= 0.3 is 0 Å². The Labute approximate surface area is 91.3 Å². The van der Waals surface area contributed by atoms with Gasteiger partial charge in [0.25, 0.3) is 0 Å². The molecule has 4 nitrogen and oxygen atoms in total. The van der Waals surface area contributed by atoms with Crippen molar-refractivity contribution in [2.45, 2.75) is 13.0 Å². The fourth-order valence-corrected chi connectivity index (χ4v) is 2.17. The second-order valence-corrected chi connectivity index (χ2v) is 4.51. The zero-order valence-corrected chi connectivity index (χ0v) is 9.61. The summed E-state index contributed by atoms with van der Waals surface area (Å²) in [5.41, 5.74) is 0. The summed E-state index contributed by atoms with van der Waals surface area (Å²) in [4.78, 5) is 6.70. The van der Waals surface area contributed by atoms with Crippen molar-refractivity contribution in [2.75, 3.05) is 26.7 Å². The Hall–Kier alpha value is -0.870. The van der Waals surface area contributed by atoms with Crippen LogP contribution in [0.1, 0.15) is 12.2 Å². The Morgan fingerprint density at radius 2 is 2.53 bits per heavy atom. The first-order valence-corrected chi connectivity index (χ1v) is 5.61. The zero-order chi connectivity index (χ0) is 10.7. The summed E-state index contributed by atoms with van der Waals surface area (Å²) in [7, 11) is 4.22. The Balaban J connectivity index is 1.81. The molecule has 1 aliphatic heterocycles. The number of nitrogens with one attached hydrogen (secondary N) is 1. The van der Waals surface area contributed by atoms with Gasteiger partial charge in [-0.25, -0.2) is 4.98 Å². The summed E-state index contributed by atoms with van der Waals surface area (Å²) < 4.78 is 2.09. The Morgan fingerprint density at radius 1 is 1.67 bits per heavy atom. The molecule has 1 unspecified atom stereocenters. The van der Waals surface area contributed by atoms with Crippen molar-refractivity contribution in [3.05, 3.63) is 18.2 Å². The van der Waals surface area contributed by atoms with Gasteiger partial charge in [-0.3, -0.25) is 4.90 Å². The van der Waals surface area contributed by atoms with Gasteiger partial charge in [-0.15, -0.1) is 0 Å². The predicted molar refractivity (Wildman–Crippen MR) is 60.5 cm³/mol. The highest BCUT2D eigenvalue weighted by molar-refractivity contribution is 4.90. The lowest BCUT2D eigenvalue weighted by molar-refractivity contribution is 0.270. The molecule has 1 fully saturated rings. The molecule has 84 valence electrons. The second kappa shape index (κ2) is 4.77. The highest BCUT2D eigenvalue weighted by Gasteiger charge is 2.16. The molecular weight excluding hydrogens is 188 g/mol. The summed E-state index contributed by atoms with van der Waals surface area (Å²) in [5.74, 6) is 1.96. The third-order valence-corrected chi connectivity index (χ3v) is 3.06. The van der Waals surface area contributed by atoms with Crippen molar-refractivity contribution in [1.29, 1.82) is 0 Å². The van der Waals surface area contributed by atoms with Gasteiger partial charge in [0.15, 0.2) is 0 Å². The molecule has 2 heterocycles. The van der Waals surface area contributed by atoms with E-state index < -0.39 is 0 Å². The first-order chi connectivity index (χ1) is 7.25. The van der Waals surface area contributed by atoms with E-state index in [1.807, 2.05) is 19.4 Å². The Kier molecular flexibility index (Phi) is 3.38. The maximum absolute atomic E-state index is 4.34. The summed E-state index contributed by atoms with van der Waals surface area (Å²) in [6, 6.07) is 0. The number of aryl methyl sites for hydroxylation is 1. The molecule has 2 rings (SSSR count). The first kappa shape index (κ1) is 10.6. The lowest BCUT2D eigenvalue weighted by Gasteiger charge is -2.19.